The first kappa shape index (κ1) is 20.2. The molecule has 2 atom stereocenters. The average Bonchev–Trinajstić information content (AvgIpc) is 3.40. The summed E-state index contributed by atoms with van der Waals surface area (Å²) in [6.07, 6.45) is 1.74. The second-order valence-corrected chi connectivity index (χ2v) is 7.83. The molecule has 0 aliphatic carbocycles. The minimum Gasteiger partial charge on any atom is -0.464 e. The number of aryl methyl sites for hydroxylation is 1. The molecule has 30 heavy (non-hydrogen) atoms. The van der Waals surface area contributed by atoms with E-state index in [0.29, 0.717) is 16.9 Å². The Labute approximate surface area is 178 Å². The summed E-state index contributed by atoms with van der Waals surface area (Å²) in [7, 11) is 1.51. The summed E-state index contributed by atoms with van der Waals surface area (Å²) in [5.41, 5.74) is 1.79. The van der Waals surface area contributed by atoms with Crippen molar-refractivity contribution in [1.82, 2.24) is 20.4 Å². The lowest BCUT2D eigenvalue weighted by Crippen LogP contribution is -2.25. The maximum Gasteiger partial charge on any atom is 0.296 e. The SMILES string of the molecule is COC(C(=O)Nc1nnc(O[C@@H]2CCN(c3cccnn3)C2)s1)c1ccccc1C. The van der Waals surface area contributed by atoms with Crippen LogP contribution in [-0.4, -0.2) is 52.6 Å². The van der Waals surface area contributed by atoms with Gasteiger partial charge in [0.05, 0.1) is 6.54 Å². The molecule has 3 heterocycles. The molecular formula is C20H22N6O3S. The number of ether oxygens (including phenoxy) is 2. The second-order valence-electron chi connectivity index (χ2n) is 6.89. The van der Waals surface area contributed by atoms with Crippen molar-refractivity contribution in [2.45, 2.75) is 25.6 Å². The van der Waals surface area contributed by atoms with Crippen molar-refractivity contribution in [1.29, 1.82) is 0 Å². The van der Waals surface area contributed by atoms with E-state index >= 15 is 0 Å². The third-order valence-corrected chi connectivity index (χ3v) is 5.61. The number of nitrogens with zero attached hydrogens (tertiary/aromatic N) is 5. The molecule has 1 N–H and O–H groups in total. The molecule has 10 heteroatoms. The highest BCUT2D eigenvalue weighted by atomic mass is 32.1. The number of carbonyl (C=O) groups is 1. The van der Waals surface area contributed by atoms with Crippen LogP contribution in [-0.2, 0) is 9.53 Å². The van der Waals surface area contributed by atoms with E-state index < -0.39 is 6.10 Å². The third-order valence-electron chi connectivity index (χ3n) is 4.88. The number of aromatic nitrogens is 4. The molecule has 1 aliphatic heterocycles. The molecule has 2 aromatic heterocycles. The lowest BCUT2D eigenvalue weighted by Gasteiger charge is -2.16. The molecule has 1 fully saturated rings. The van der Waals surface area contributed by atoms with Crippen LogP contribution in [0.2, 0.25) is 0 Å². The van der Waals surface area contributed by atoms with Gasteiger partial charge in [-0.3, -0.25) is 10.1 Å². The summed E-state index contributed by atoms with van der Waals surface area (Å²) in [5, 5.41) is 19.7. The first-order chi connectivity index (χ1) is 14.6. The Balaban J connectivity index is 1.35. The van der Waals surface area contributed by atoms with Gasteiger partial charge in [0, 0.05) is 26.3 Å². The molecule has 0 saturated carbocycles. The predicted molar refractivity (Wildman–Crippen MR) is 113 cm³/mol. The van der Waals surface area contributed by atoms with Crippen LogP contribution < -0.4 is 15.0 Å². The number of hydrogen-bond donors (Lipinski definition) is 1. The number of rotatable bonds is 7. The van der Waals surface area contributed by atoms with Crippen molar-refractivity contribution in [2.24, 2.45) is 0 Å². The van der Waals surface area contributed by atoms with Gasteiger partial charge in [-0.2, -0.15) is 5.10 Å². The largest absolute Gasteiger partial charge is 0.464 e. The Bertz CT molecular complexity index is 999. The number of hydrogen-bond acceptors (Lipinski definition) is 9. The minimum atomic E-state index is -0.727. The predicted octanol–water partition coefficient (Wildman–Crippen LogP) is 2.62. The van der Waals surface area contributed by atoms with E-state index in [2.05, 4.69) is 30.6 Å². The van der Waals surface area contributed by atoms with Crippen molar-refractivity contribution in [3.05, 3.63) is 53.7 Å². The fraction of sp³-hybridized carbons (Fsp3) is 0.350. The zero-order chi connectivity index (χ0) is 20.9. The van der Waals surface area contributed by atoms with Crippen molar-refractivity contribution >= 4 is 28.2 Å². The van der Waals surface area contributed by atoms with Gasteiger partial charge in [0.2, 0.25) is 5.13 Å². The molecule has 1 unspecified atom stereocenters. The van der Waals surface area contributed by atoms with Crippen LogP contribution in [0, 0.1) is 6.92 Å². The number of carbonyl (C=O) groups excluding carboxylic acids is 1. The van der Waals surface area contributed by atoms with E-state index in [1.807, 2.05) is 43.3 Å². The van der Waals surface area contributed by atoms with E-state index in [1.54, 1.807) is 6.20 Å². The molecule has 156 valence electrons. The van der Waals surface area contributed by atoms with E-state index in [4.69, 9.17) is 9.47 Å². The monoisotopic (exact) mass is 426 g/mol. The number of anilines is 2. The highest BCUT2D eigenvalue weighted by Gasteiger charge is 2.27. The van der Waals surface area contributed by atoms with Crippen LogP contribution in [0.25, 0.3) is 0 Å². The van der Waals surface area contributed by atoms with Gasteiger partial charge in [0.25, 0.3) is 11.1 Å². The highest BCUT2D eigenvalue weighted by molar-refractivity contribution is 7.17. The van der Waals surface area contributed by atoms with Gasteiger partial charge in [-0.25, -0.2) is 0 Å². The second kappa shape index (κ2) is 9.14. The molecule has 4 rings (SSSR count). The summed E-state index contributed by atoms with van der Waals surface area (Å²) in [4.78, 5) is 14.8. The lowest BCUT2D eigenvalue weighted by molar-refractivity contribution is -0.126. The first-order valence-electron chi connectivity index (χ1n) is 9.56. The van der Waals surface area contributed by atoms with Gasteiger partial charge in [-0.15, -0.1) is 10.2 Å². The Morgan fingerprint density at radius 1 is 1.23 bits per heavy atom. The van der Waals surface area contributed by atoms with Crippen molar-refractivity contribution in [3.8, 4) is 5.19 Å². The topological polar surface area (TPSA) is 102 Å². The molecular weight excluding hydrogens is 404 g/mol. The number of amides is 1. The van der Waals surface area contributed by atoms with Crippen LogP contribution >= 0.6 is 11.3 Å². The standard InChI is InChI=1S/C20H22N6O3S/c1-13-6-3-4-7-15(13)17(28-2)18(27)22-19-24-25-20(30-19)29-14-9-11-26(12-14)16-8-5-10-21-23-16/h3-8,10,14,17H,9,11-12H2,1-2H3,(H,22,24,27)/t14-,17?/m1/s1. The maximum atomic E-state index is 12.7. The van der Waals surface area contributed by atoms with Gasteiger partial charge in [0.1, 0.15) is 6.10 Å². The number of methoxy groups -OCH3 is 1. The third kappa shape index (κ3) is 4.55. The van der Waals surface area contributed by atoms with E-state index in [1.165, 1.54) is 18.4 Å². The summed E-state index contributed by atoms with van der Waals surface area (Å²) in [6.45, 7) is 3.47. The fourth-order valence-corrected chi connectivity index (χ4v) is 4.04. The Kier molecular flexibility index (Phi) is 6.15. The van der Waals surface area contributed by atoms with Crippen LogP contribution in [0.15, 0.2) is 42.6 Å². The minimum absolute atomic E-state index is 0.0257. The van der Waals surface area contributed by atoms with Gasteiger partial charge < -0.3 is 14.4 Å². The zero-order valence-corrected chi connectivity index (χ0v) is 17.5. The van der Waals surface area contributed by atoms with E-state index in [-0.39, 0.29) is 12.0 Å². The molecule has 9 nitrogen and oxygen atoms in total. The van der Waals surface area contributed by atoms with Crippen molar-refractivity contribution in [2.75, 3.05) is 30.4 Å². The first-order valence-corrected chi connectivity index (χ1v) is 10.4. The normalized spacial score (nSPS) is 17.0. The summed E-state index contributed by atoms with van der Waals surface area (Å²) in [5.74, 6) is 0.528. The highest BCUT2D eigenvalue weighted by Crippen LogP contribution is 2.28. The average molecular weight is 427 g/mol. The van der Waals surface area contributed by atoms with Crippen LogP contribution in [0.4, 0.5) is 10.9 Å². The molecule has 1 amide bonds. The smallest absolute Gasteiger partial charge is 0.296 e. The van der Waals surface area contributed by atoms with Gasteiger partial charge in [-0.1, -0.05) is 29.4 Å². The lowest BCUT2D eigenvalue weighted by atomic mass is 10.0. The van der Waals surface area contributed by atoms with E-state index in [9.17, 15) is 4.79 Å². The maximum absolute atomic E-state index is 12.7. The molecule has 0 bridgehead atoms. The summed E-state index contributed by atoms with van der Waals surface area (Å²) < 4.78 is 11.4. The van der Waals surface area contributed by atoms with Gasteiger partial charge >= 0.3 is 0 Å². The number of nitrogens with one attached hydrogen (secondary N) is 1. The van der Waals surface area contributed by atoms with Crippen LogP contribution in [0.1, 0.15) is 23.7 Å². The van der Waals surface area contributed by atoms with E-state index in [0.717, 1.165) is 29.9 Å². The molecule has 3 aromatic rings. The molecule has 1 aromatic carbocycles. The van der Waals surface area contributed by atoms with Gasteiger partial charge in [-0.05, 0) is 41.5 Å². The van der Waals surface area contributed by atoms with Crippen molar-refractivity contribution in [3.63, 3.8) is 0 Å². The Hall–Kier alpha value is -3.11. The summed E-state index contributed by atoms with van der Waals surface area (Å²) >= 11 is 1.19. The molecule has 0 radical (unpaired) electrons. The van der Waals surface area contributed by atoms with Crippen LogP contribution in [0.5, 0.6) is 5.19 Å². The molecule has 0 spiro atoms. The number of benzene rings is 1. The fourth-order valence-electron chi connectivity index (χ4n) is 3.37. The Morgan fingerprint density at radius 3 is 2.87 bits per heavy atom. The Morgan fingerprint density at radius 2 is 2.10 bits per heavy atom. The van der Waals surface area contributed by atoms with Crippen molar-refractivity contribution < 1.29 is 14.3 Å². The van der Waals surface area contributed by atoms with Gasteiger partial charge in [0.15, 0.2) is 11.9 Å². The van der Waals surface area contributed by atoms with Crippen LogP contribution in [0.3, 0.4) is 0 Å². The zero-order valence-electron chi connectivity index (χ0n) is 16.7. The molecule has 1 saturated heterocycles. The molecule has 1 aliphatic rings. The summed E-state index contributed by atoms with van der Waals surface area (Å²) in [6, 6.07) is 11.4. The quantitative estimate of drug-likeness (QED) is 0.615.